The quantitative estimate of drug-likeness (QED) is 0.773. The van der Waals surface area contributed by atoms with Crippen molar-refractivity contribution in [1.29, 1.82) is 0 Å². The first-order chi connectivity index (χ1) is 9.31. The molecule has 0 unspecified atom stereocenters. The van der Waals surface area contributed by atoms with Gasteiger partial charge in [0.25, 0.3) is 0 Å². The van der Waals surface area contributed by atoms with E-state index in [1.807, 2.05) is 24.3 Å². The minimum absolute atomic E-state index is 0.477. The Morgan fingerprint density at radius 1 is 1.32 bits per heavy atom. The predicted octanol–water partition coefficient (Wildman–Crippen LogP) is 1.93. The number of aromatic nitrogens is 4. The van der Waals surface area contributed by atoms with E-state index in [4.69, 9.17) is 10.2 Å². The standard InChI is InChI=1S/C13H13N5O/c14-13-12(8-5-6-8)18(17-16-13)7-11-15-9-3-1-2-4-10(9)19-11/h1-4,8H,5-7,14H2. The van der Waals surface area contributed by atoms with Crippen LogP contribution >= 0.6 is 0 Å². The number of nitrogens with zero attached hydrogens (tertiary/aromatic N) is 4. The molecule has 1 aliphatic rings. The van der Waals surface area contributed by atoms with Gasteiger partial charge in [-0.05, 0) is 25.0 Å². The van der Waals surface area contributed by atoms with Crippen molar-refractivity contribution in [2.75, 3.05) is 5.73 Å². The molecule has 2 N–H and O–H groups in total. The number of hydrogen-bond acceptors (Lipinski definition) is 5. The lowest BCUT2D eigenvalue weighted by Crippen LogP contribution is -2.06. The largest absolute Gasteiger partial charge is 0.439 e. The second-order valence-electron chi connectivity index (χ2n) is 4.87. The summed E-state index contributed by atoms with van der Waals surface area (Å²) >= 11 is 0. The minimum Gasteiger partial charge on any atom is -0.439 e. The maximum atomic E-state index is 5.87. The first kappa shape index (κ1) is 10.5. The summed E-state index contributed by atoms with van der Waals surface area (Å²) in [5.41, 5.74) is 8.53. The smallest absolute Gasteiger partial charge is 0.217 e. The molecule has 19 heavy (non-hydrogen) atoms. The topological polar surface area (TPSA) is 82.8 Å². The number of benzene rings is 1. The van der Waals surface area contributed by atoms with Gasteiger partial charge in [0.1, 0.15) is 12.1 Å². The highest BCUT2D eigenvalue weighted by atomic mass is 16.3. The van der Waals surface area contributed by atoms with Crippen LogP contribution in [0.5, 0.6) is 0 Å². The number of fused-ring (bicyclic) bond motifs is 1. The van der Waals surface area contributed by atoms with Crippen molar-refractivity contribution in [1.82, 2.24) is 20.0 Å². The Balaban J connectivity index is 1.70. The zero-order valence-electron chi connectivity index (χ0n) is 10.3. The summed E-state index contributed by atoms with van der Waals surface area (Å²) in [4.78, 5) is 4.44. The lowest BCUT2D eigenvalue weighted by atomic mass is 10.3. The maximum Gasteiger partial charge on any atom is 0.217 e. The highest BCUT2D eigenvalue weighted by Gasteiger charge is 2.30. The van der Waals surface area contributed by atoms with E-state index in [-0.39, 0.29) is 0 Å². The minimum atomic E-state index is 0.477. The van der Waals surface area contributed by atoms with Gasteiger partial charge in [0.15, 0.2) is 11.4 Å². The normalized spacial score (nSPS) is 15.2. The van der Waals surface area contributed by atoms with E-state index < -0.39 is 0 Å². The number of anilines is 1. The molecular formula is C13H13N5O. The van der Waals surface area contributed by atoms with E-state index in [0.717, 1.165) is 29.6 Å². The molecule has 1 aliphatic carbocycles. The molecule has 96 valence electrons. The molecular weight excluding hydrogens is 242 g/mol. The van der Waals surface area contributed by atoms with Crippen LogP contribution in [0, 0.1) is 0 Å². The van der Waals surface area contributed by atoms with Gasteiger partial charge in [0.2, 0.25) is 5.89 Å². The molecule has 1 fully saturated rings. The van der Waals surface area contributed by atoms with Crippen LogP contribution in [0.4, 0.5) is 5.82 Å². The third-order valence-corrected chi connectivity index (χ3v) is 3.39. The summed E-state index contributed by atoms with van der Waals surface area (Å²) in [7, 11) is 0. The van der Waals surface area contributed by atoms with Crippen LogP contribution in [-0.4, -0.2) is 20.0 Å². The zero-order valence-corrected chi connectivity index (χ0v) is 10.3. The fourth-order valence-corrected chi connectivity index (χ4v) is 2.34. The monoisotopic (exact) mass is 255 g/mol. The van der Waals surface area contributed by atoms with E-state index in [9.17, 15) is 0 Å². The Hall–Kier alpha value is -2.37. The molecule has 1 saturated carbocycles. The van der Waals surface area contributed by atoms with Crippen molar-refractivity contribution in [3.8, 4) is 0 Å². The third kappa shape index (κ3) is 1.76. The molecule has 0 radical (unpaired) electrons. The van der Waals surface area contributed by atoms with E-state index >= 15 is 0 Å². The highest BCUT2D eigenvalue weighted by molar-refractivity contribution is 5.72. The Kier molecular flexibility index (Phi) is 2.11. The van der Waals surface area contributed by atoms with Gasteiger partial charge >= 0.3 is 0 Å². The lowest BCUT2D eigenvalue weighted by Gasteiger charge is -2.02. The summed E-state index contributed by atoms with van der Waals surface area (Å²) in [5, 5.41) is 8.03. The first-order valence-electron chi connectivity index (χ1n) is 6.34. The van der Waals surface area contributed by atoms with Gasteiger partial charge in [0.05, 0.1) is 5.69 Å². The van der Waals surface area contributed by atoms with Gasteiger partial charge < -0.3 is 10.2 Å². The van der Waals surface area contributed by atoms with Gasteiger partial charge in [0, 0.05) is 5.92 Å². The van der Waals surface area contributed by atoms with Crippen molar-refractivity contribution < 1.29 is 4.42 Å². The average molecular weight is 255 g/mol. The van der Waals surface area contributed by atoms with E-state index in [1.54, 1.807) is 4.68 Å². The molecule has 0 aliphatic heterocycles. The summed E-state index contributed by atoms with van der Waals surface area (Å²) in [6, 6.07) is 7.71. The molecule has 3 aromatic rings. The van der Waals surface area contributed by atoms with Crippen LogP contribution in [0.1, 0.15) is 30.3 Å². The number of nitrogen functional groups attached to an aromatic ring is 1. The van der Waals surface area contributed by atoms with Crippen molar-refractivity contribution >= 4 is 16.9 Å². The molecule has 0 amide bonds. The summed E-state index contributed by atoms with van der Waals surface area (Å²) < 4.78 is 7.50. The number of hydrogen-bond donors (Lipinski definition) is 1. The summed E-state index contributed by atoms with van der Waals surface area (Å²) in [6.07, 6.45) is 2.32. The SMILES string of the molecule is Nc1nnn(Cc2nc3ccccc3o2)c1C1CC1. The van der Waals surface area contributed by atoms with E-state index in [2.05, 4.69) is 15.3 Å². The van der Waals surface area contributed by atoms with Crippen molar-refractivity contribution in [3.63, 3.8) is 0 Å². The van der Waals surface area contributed by atoms with Crippen LogP contribution in [-0.2, 0) is 6.54 Å². The van der Waals surface area contributed by atoms with Crippen molar-refractivity contribution in [3.05, 3.63) is 35.9 Å². The number of nitrogens with two attached hydrogens (primary N) is 1. The van der Waals surface area contributed by atoms with Crippen LogP contribution in [0.25, 0.3) is 11.1 Å². The number of oxazole rings is 1. The highest BCUT2D eigenvalue weighted by Crippen LogP contribution is 2.42. The number of rotatable bonds is 3. The Labute approximate surface area is 109 Å². The second kappa shape index (κ2) is 3.81. The Morgan fingerprint density at radius 3 is 2.95 bits per heavy atom. The molecule has 6 heteroatoms. The van der Waals surface area contributed by atoms with E-state index in [0.29, 0.717) is 24.2 Å². The van der Waals surface area contributed by atoms with Crippen LogP contribution in [0.15, 0.2) is 28.7 Å². The fourth-order valence-electron chi connectivity index (χ4n) is 2.34. The van der Waals surface area contributed by atoms with Gasteiger partial charge in [-0.1, -0.05) is 17.3 Å². The van der Waals surface area contributed by atoms with Gasteiger partial charge in [-0.25, -0.2) is 9.67 Å². The molecule has 0 saturated heterocycles. The predicted molar refractivity (Wildman–Crippen MR) is 69.5 cm³/mol. The molecule has 6 nitrogen and oxygen atoms in total. The van der Waals surface area contributed by atoms with Crippen molar-refractivity contribution in [2.24, 2.45) is 0 Å². The zero-order chi connectivity index (χ0) is 12.8. The molecule has 4 rings (SSSR count). The molecule has 0 atom stereocenters. The van der Waals surface area contributed by atoms with Crippen LogP contribution in [0.3, 0.4) is 0 Å². The maximum absolute atomic E-state index is 5.87. The van der Waals surface area contributed by atoms with Crippen LogP contribution in [0.2, 0.25) is 0 Å². The Morgan fingerprint density at radius 2 is 2.16 bits per heavy atom. The molecule has 0 bridgehead atoms. The second-order valence-corrected chi connectivity index (χ2v) is 4.87. The first-order valence-corrected chi connectivity index (χ1v) is 6.34. The average Bonchev–Trinajstić information content (AvgIpc) is 3.05. The molecule has 2 aromatic heterocycles. The van der Waals surface area contributed by atoms with Gasteiger partial charge in [-0.3, -0.25) is 0 Å². The molecule has 1 aromatic carbocycles. The fraction of sp³-hybridized carbons (Fsp3) is 0.308. The lowest BCUT2D eigenvalue weighted by molar-refractivity contribution is 0.478. The van der Waals surface area contributed by atoms with Gasteiger partial charge in [-0.2, -0.15) is 0 Å². The Bertz CT molecular complexity index is 707. The molecule has 0 spiro atoms. The molecule has 2 heterocycles. The van der Waals surface area contributed by atoms with Crippen molar-refractivity contribution in [2.45, 2.75) is 25.3 Å². The van der Waals surface area contributed by atoms with Crippen LogP contribution < -0.4 is 5.73 Å². The summed E-state index contributed by atoms with van der Waals surface area (Å²) in [6.45, 7) is 0.477. The van der Waals surface area contributed by atoms with Gasteiger partial charge in [-0.15, -0.1) is 5.10 Å². The third-order valence-electron chi connectivity index (χ3n) is 3.39. The number of para-hydroxylation sites is 2. The summed E-state index contributed by atoms with van der Waals surface area (Å²) in [5.74, 6) is 1.66. The van der Waals surface area contributed by atoms with E-state index in [1.165, 1.54) is 0 Å².